The Labute approximate surface area is 267 Å². The number of nitrogens with zero attached hydrogens (tertiary/aromatic N) is 6. The molecule has 2 aliphatic rings. The molecular formula is C32H33F3N8O4. The van der Waals surface area contributed by atoms with Crippen molar-refractivity contribution in [2.45, 2.75) is 57.5 Å². The van der Waals surface area contributed by atoms with Crippen LogP contribution >= 0.6 is 0 Å². The molecule has 3 aromatic heterocycles. The van der Waals surface area contributed by atoms with Crippen molar-refractivity contribution in [1.29, 1.82) is 0 Å². The SMILES string of the molecule is CC(C)(O)c1cc2nn(C3CCN(Cc4ccc(N5CCC(=O)NC5=O)cn4)CC3)cc2cc1NC(=O)c1ccc(C(F)(F)F)nc1. The predicted molar refractivity (Wildman–Crippen MR) is 165 cm³/mol. The van der Waals surface area contributed by atoms with Gasteiger partial charge in [-0.05, 0) is 63.1 Å². The van der Waals surface area contributed by atoms with Gasteiger partial charge in [0.05, 0.1) is 40.3 Å². The summed E-state index contributed by atoms with van der Waals surface area (Å²) >= 11 is 0. The highest BCUT2D eigenvalue weighted by Gasteiger charge is 2.32. The first-order chi connectivity index (χ1) is 22.2. The number of nitrogens with one attached hydrogen (secondary N) is 2. The summed E-state index contributed by atoms with van der Waals surface area (Å²) in [5.41, 5.74) is 0.359. The van der Waals surface area contributed by atoms with Gasteiger partial charge in [-0.3, -0.25) is 39.4 Å². The quantitative estimate of drug-likeness (QED) is 0.263. The van der Waals surface area contributed by atoms with Gasteiger partial charge in [0, 0.05) is 61.6 Å². The van der Waals surface area contributed by atoms with E-state index in [4.69, 9.17) is 5.10 Å². The van der Waals surface area contributed by atoms with Crippen LogP contribution in [0.15, 0.2) is 55.0 Å². The number of imide groups is 1. The third kappa shape index (κ3) is 7.10. The fraction of sp³-hybridized carbons (Fsp3) is 0.375. The predicted octanol–water partition coefficient (Wildman–Crippen LogP) is 4.61. The maximum atomic E-state index is 12.9. The van der Waals surface area contributed by atoms with Gasteiger partial charge >= 0.3 is 12.2 Å². The summed E-state index contributed by atoms with van der Waals surface area (Å²) in [5, 5.41) is 21.4. The van der Waals surface area contributed by atoms with Crippen molar-refractivity contribution in [3.05, 3.63) is 77.5 Å². The number of carbonyl (C=O) groups excluding carboxylic acids is 3. The Kier molecular flexibility index (Phi) is 8.44. The highest BCUT2D eigenvalue weighted by Crippen LogP contribution is 2.34. The number of likely N-dealkylation sites (tertiary alicyclic amines) is 1. The number of carbonyl (C=O) groups is 3. The fourth-order valence-corrected chi connectivity index (χ4v) is 5.83. The average Bonchev–Trinajstić information content (AvgIpc) is 3.44. The Morgan fingerprint density at radius 1 is 1.04 bits per heavy atom. The Morgan fingerprint density at radius 3 is 2.43 bits per heavy atom. The summed E-state index contributed by atoms with van der Waals surface area (Å²) in [5.74, 6) is -0.944. The number of urea groups is 1. The number of amides is 4. The van der Waals surface area contributed by atoms with Gasteiger partial charge in [-0.15, -0.1) is 0 Å². The van der Waals surface area contributed by atoms with Crippen molar-refractivity contribution in [2.75, 3.05) is 29.9 Å². The first-order valence-electron chi connectivity index (χ1n) is 15.1. The van der Waals surface area contributed by atoms with E-state index in [1.165, 1.54) is 4.90 Å². The normalized spacial score (nSPS) is 16.9. The molecule has 2 fully saturated rings. The molecule has 0 saturated carbocycles. The van der Waals surface area contributed by atoms with Gasteiger partial charge in [0.15, 0.2) is 0 Å². The summed E-state index contributed by atoms with van der Waals surface area (Å²) in [6.07, 6.45) is 1.70. The second-order valence-electron chi connectivity index (χ2n) is 12.3. The number of pyridine rings is 2. The Balaban J connectivity index is 1.11. The van der Waals surface area contributed by atoms with Gasteiger partial charge in [0.25, 0.3) is 5.91 Å². The molecule has 0 bridgehead atoms. The topological polar surface area (TPSA) is 146 Å². The smallest absolute Gasteiger partial charge is 0.386 e. The third-order valence-corrected chi connectivity index (χ3v) is 8.38. The minimum Gasteiger partial charge on any atom is -0.386 e. The fourth-order valence-electron chi connectivity index (χ4n) is 5.83. The summed E-state index contributed by atoms with van der Waals surface area (Å²) in [7, 11) is 0. The lowest BCUT2D eigenvalue weighted by Gasteiger charge is -2.32. The number of alkyl halides is 3. The molecule has 2 saturated heterocycles. The maximum Gasteiger partial charge on any atom is 0.433 e. The second-order valence-corrected chi connectivity index (χ2v) is 12.3. The van der Waals surface area contributed by atoms with Crippen LogP contribution in [0.2, 0.25) is 0 Å². The number of benzene rings is 1. The van der Waals surface area contributed by atoms with Gasteiger partial charge in [-0.1, -0.05) is 0 Å². The molecule has 5 heterocycles. The molecule has 6 rings (SSSR count). The van der Waals surface area contributed by atoms with E-state index in [0.717, 1.165) is 55.3 Å². The first-order valence-corrected chi connectivity index (χ1v) is 15.1. The first kappa shape index (κ1) is 32.1. The number of piperidine rings is 1. The molecule has 12 nitrogen and oxygen atoms in total. The lowest BCUT2D eigenvalue weighted by Crippen LogP contribution is -2.49. The van der Waals surface area contributed by atoms with E-state index >= 15 is 0 Å². The number of aromatic nitrogens is 4. The van der Waals surface area contributed by atoms with E-state index in [1.807, 2.05) is 23.0 Å². The van der Waals surface area contributed by atoms with Crippen molar-refractivity contribution in [2.24, 2.45) is 0 Å². The third-order valence-electron chi connectivity index (χ3n) is 8.38. The van der Waals surface area contributed by atoms with E-state index in [9.17, 15) is 32.7 Å². The van der Waals surface area contributed by atoms with Gasteiger partial charge < -0.3 is 10.4 Å². The molecule has 4 aromatic rings. The lowest BCUT2D eigenvalue weighted by molar-refractivity contribution is -0.141. The highest BCUT2D eigenvalue weighted by atomic mass is 19.4. The Morgan fingerprint density at radius 2 is 1.81 bits per heavy atom. The summed E-state index contributed by atoms with van der Waals surface area (Å²) < 4.78 is 40.6. The minimum atomic E-state index is -4.62. The van der Waals surface area contributed by atoms with E-state index < -0.39 is 29.4 Å². The second kappa shape index (κ2) is 12.4. The molecule has 1 aromatic carbocycles. The summed E-state index contributed by atoms with van der Waals surface area (Å²) in [4.78, 5) is 48.2. The van der Waals surface area contributed by atoms with Crippen molar-refractivity contribution in [3.63, 3.8) is 0 Å². The van der Waals surface area contributed by atoms with Crippen LogP contribution in [0.1, 0.15) is 66.5 Å². The molecule has 246 valence electrons. The molecule has 0 unspecified atom stereocenters. The van der Waals surface area contributed by atoms with Crippen LogP contribution in [-0.2, 0) is 23.1 Å². The molecular weight excluding hydrogens is 617 g/mol. The molecule has 0 atom stereocenters. The van der Waals surface area contributed by atoms with E-state index in [-0.39, 0.29) is 23.9 Å². The van der Waals surface area contributed by atoms with E-state index in [2.05, 4.69) is 25.5 Å². The number of fused-ring (bicyclic) bond motifs is 1. The molecule has 3 N–H and O–H groups in total. The van der Waals surface area contributed by atoms with Crippen LogP contribution in [0.3, 0.4) is 0 Å². The molecule has 0 spiro atoms. The molecule has 4 amide bonds. The van der Waals surface area contributed by atoms with Gasteiger partial charge in [0.2, 0.25) is 5.91 Å². The number of hydrogen-bond acceptors (Lipinski definition) is 8. The van der Waals surface area contributed by atoms with Crippen LogP contribution in [-0.4, -0.2) is 67.2 Å². The van der Waals surface area contributed by atoms with Crippen LogP contribution in [0.25, 0.3) is 10.9 Å². The molecule has 0 radical (unpaired) electrons. The number of anilines is 2. The van der Waals surface area contributed by atoms with Gasteiger partial charge in [-0.25, -0.2) is 4.79 Å². The molecule has 0 aliphatic carbocycles. The molecule has 2 aliphatic heterocycles. The number of aliphatic hydroxyl groups is 1. The van der Waals surface area contributed by atoms with Crippen molar-refractivity contribution in [3.8, 4) is 0 Å². The van der Waals surface area contributed by atoms with Crippen LogP contribution in [0.5, 0.6) is 0 Å². The van der Waals surface area contributed by atoms with Gasteiger partial charge in [-0.2, -0.15) is 18.3 Å². The van der Waals surface area contributed by atoms with Crippen LogP contribution < -0.4 is 15.5 Å². The van der Waals surface area contributed by atoms with Crippen LogP contribution in [0.4, 0.5) is 29.3 Å². The molecule has 15 heteroatoms. The highest BCUT2D eigenvalue weighted by molar-refractivity contribution is 6.06. The zero-order chi connectivity index (χ0) is 33.5. The maximum absolute atomic E-state index is 12.9. The monoisotopic (exact) mass is 650 g/mol. The van der Waals surface area contributed by atoms with Crippen molar-refractivity contribution < 1.29 is 32.7 Å². The summed E-state index contributed by atoms with van der Waals surface area (Å²) in [6, 6.07) is 8.61. The van der Waals surface area contributed by atoms with E-state index in [1.54, 1.807) is 32.2 Å². The summed E-state index contributed by atoms with van der Waals surface area (Å²) in [6.45, 7) is 5.72. The van der Waals surface area contributed by atoms with Crippen LogP contribution in [0, 0.1) is 0 Å². The standard InChI is InChI=1S/C32H33F3N8O4/c1-31(2,47)24-14-25-20(13-26(24)38-29(45)19-3-6-27(37-15-19)32(33,34)35)17-43(40-25)22-7-10-41(11-8-22)18-21-4-5-23(16-36-21)42-12-9-28(44)39-30(42)46/h3-6,13-17,22,47H,7-12,18H2,1-2H3,(H,38,45)(H,39,44,46). The lowest BCUT2D eigenvalue weighted by atomic mass is 9.95. The number of halogens is 3. The zero-order valence-electron chi connectivity index (χ0n) is 25.7. The Bertz CT molecular complexity index is 1810. The average molecular weight is 651 g/mol. The number of rotatable bonds is 7. The minimum absolute atomic E-state index is 0.0551. The zero-order valence-corrected chi connectivity index (χ0v) is 25.7. The van der Waals surface area contributed by atoms with Crippen molar-refractivity contribution >= 4 is 40.1 Å². The largest absolute Gasteiger partial charge is 0.433 e. The molecule has 47 heavy (non-hydrogen) atoms. The van der Waals surface area contributed by atoms with E-state index in [0.29, 0.717) is 35.5 Å². The Hall–Kier alpha value is -4.89. The van der Waals surface area contributed by atoms with Gasteiger partial charge in [0.1, 0.15) is 5.69 Å². The number of hydrogen-bond donors (Lipinski definition) is 3. The van der Waals surface area contributed by atoms with Crippen molar-refractivity contribution in [1.82, 2.24) is 30.0 Å².